The van der Waals surface area contributed by atoms with Crippen molar-refractivity contribution in [3.63, 3.8) is 0 Å². The van der Waals surface area contributed by atoms with Crippen molar-refractivity contribution < 1.29 is 18.7 Å². The van der Waals surface area contributed by atoms with Gasteiger partial charge in [0.25, 0.3) is 5.91 Å². The molecule has 1 unspecified atom stereocenters. The van der Waals surface area contributed by atoms with Crippen LogP contribution in [-0.4, -0.2) is 67.9 Å². The summed E-state index contributed by atoms with van der Waals surface area (Å²) in [5, 5.41) is 0. The van der Waals surface area contributed by atoms with E-state index >= 15 is 0 Å². The second-order valence-corrected chi connectivity index (χ2v) is 5.91. The molecule has 0 aliphatic carbocycles. The predicted octanol–water partition coefficient (Wildman–Crippen LogP) is 1.35. The Morgan fingerprint density at radius 2 is 1.95 bits per heavy atom. The van der Waals surface area contributed by atoms with Crippen LogP contribution < -0.4 is 0 Å². The third-order valence-electron chi connectivity index (χ3n) is 4.11. The molecule has 0 radical (unpaired) electrons. The maximum Gasteiger partial charge on any atom is 0.257 e. The van der Waals surface area contributed by atoms with Gasteiger partial charge >= 0.3 is 0 Å². The van der Waals surface area contributed by atoms with Gasteiger partial charge in [-0.2, -0.15) is 0 Å². The standard InChI is InChI=1S/C16H21FN2O3/c1-18-7-4-9-21-16(11-18)12-19(8-10-22-16)15(20)13-5-2-3-6-14(13)17/h2-3,5-6H,4,7-12H2,1H3. The van der Waals surface area contributed by atoms with E-state index in [9.17, 15) is 9.18 Å². The van der Waals surface area contributed by atoms with E-state index in [1.165, 1.54) is 12.1 Å². The highest BCUT2D eigenvalue weighted by atomic mass is 19.1. The fraction of sp³-hybridized carbons (Fsp3) is 0.562. The van der Waals surface area contributed by atoms with Gasteiger partial charge in [-0.05, 0) is 25.6 Å². The molecule has 0 saturated carbocycles. The largest absolute Gasteiger partial charge is 0.347 e. The molecule has 1 aromatic rings. The average Bonchev–Trinajstić information content (AvgIpc) is 2.68. The minimum atomic E-state index is -0.801. The van der Waals surface area contributed by atoms with Gasteiger partial charge in [0.15, 0.2) is 5.79 Å². The molecule has 2 aliphatic heterocycles. The molecule has 2 fully saturated rings. The molecule has 2 saturated heterocycles. The molecular weight excluding hydrogens is 287 g/mol. The van der Waals surface area contributed by atoms with E-state index in [1.54, 1.807) is 17.0 Å². The van der Waals surface area contributed by atoms with Crippen LogP contribution in [0.1, 0.15) is 16.8 Å². The molecule has 0 aromatic heterocycles. The lowest BCUT2D eigenvalue weighted by Crippen LogP contribution is -2.58. The molecule has 22 heavy (non-hydrogen) atoms. The number of benzene rings is 1. The van der Waals surface area contributed by atoms with E-state index in [0.717, 1.165) is 13.0 Å². The van der Waals surface area contributed by atoms with Crippen molar-refractivity contribution in [1.29, 1.82) is 0 Å². The van der Waals surface area contributed by atoms with Gasteiger partial charge in [-0.25, -0.2) is 4.39 Å². The Morgan fingerprint density at radius 3 is 2.77 bits per heavy atom. The van der Waals surface area contributed by atoms with Gasteiger partial charge in [-0.1, -0.05) is 12.1 Å². The van der Waals surface area contributed by atoms with Crippen molar-refractivity contribution in [2.45, 2.75) is 12.2 Å². The second-order valence-electron chi connectivity index (χ2n) is 5.91. The molecule has 5 nitrogen and oxygen atoms in total. The van der Waals surface area contributed by atoms with Crippen LogP contribution in [0.3, 0.4) is 0 Å². The normalized spacial score (nSPS) is 26.9. The number of hydrogen-bond acceptors (Lipinski definition) is 4. The number of ether oxygens (including phenoxy) is 2. The molecule has 3 rings (SSSR count). The van der Waals surface area contributed by atoms with E-state index in [2.05, 4.69) is 4.90 Å². The quantitative estimate of drug-likeness (QED) is 0.785. The highest BCUT2D eigenvalue weighted by molar-refractivity contribution is 5.94. The lowest BCUT2D eigenvalue weighted by Gasteiger charge is -2.42. The smallest absolute Gasteiger partial charge is 0.257 e. The second kappa shape index (κ2) is 6.32. The van der Waals surface area contributed by atoms with E-state index < -0.39 is 11.6 Å². The van der Waals surface area contributed by atoms with Gasteiger partial charge in [0.05, 0.1) is 31.9 Å². The summed E-state index contributed by atoms with van der Waals surface area (Å²) in [6, 6.07) is 6.07. The molecule has 0 bridgehead atoms. The fourth-order valence-electron chi connectivity index (χ4n) is 3.05. The number of carbonyl (C=O) groups excluding carboxylic acids is 1. The van der Waals surface area contributed by atoms with E-state index in [0.29, 0.717) is 32.8 Å². The van der Waals surface area contributed by atoms with Crippen molar-refractivity contribution in [1.82, 2.24) is 9.80 Å². The van der Waals surface area contributed by atoms with Crippen molar-refractivity contribution >= 4 is 5.91 Å². The van der Waals surface area contributed by atoms with Crippen molar-refractivity contribution in [2.24, 2.45) is 0 Å². The zero-order valence-electron chi connectivity index (χ0n) is 12.8. The van der Waals surface area contributed by atoms with E-state index in [4.69, 9.17) is 9.47 Å². The Morgan fingerprint density at radius 1 is 1.18 bits per heavy atom. The summed E-state index contributed by atoms with van der Waals surface area (Å²) >= 11 is 0. The van der Waals surface area contributed by atoms with Crippen LogP contribution in [0.15, 0.2) is 24.3 Å². The molecule has 2 heterocycles. The minimum absolute atomic E-state index is 0.0986. The number of halogens is 1. The molecule has 6 heteroatoms. The molecule has 1 aromatic carbocycles. The number of morpholine rings is 1. The van der Waals surface area contributed by atoms with Crippen molar-refractivity contribution in [2.75, 3.05) is 46.4 Å². The zero-order chi connectivity index (χ0) is 15.6. The van der Waals surface area contributed by atoms with Gasteiger partial charge in [0, 0.05) is 13.1 Å². The average molecular weight is 308 g/mol. The number of likely N-dealkylation sites (N-methyl/N-ethyl adjacent to an activating group) is 1. The summed E-state index contributed by atoms with van der Waals surface area (Å²) in [7, 11) is 2.01. The highest BCUT2D eigenvalue weighted by Crippen LogP contribution is 2.25. The summed E-state index contributed by atoms with van der Waals surface area (Å²) in [6.45, 7) is 3.31. The summed E-state index contributed by atoms with van der Waals surface area (Å²) in [6.07, 6.45) is 0.933. The minimum Gasteiger partial charge on any atom is -0.347 e. The summed E-state index contributed by atoms with van der Waals surface area (Å²) in [5.41, 5.74) is 0.0986. The number of hydrogen-bond donors (Lipinski definition) is 0. The Kier molecular flexibility index (Phi) is 4.42. The lowest BCUT2D eigenvalue weighted by molar-refractivity contribution is -0.260. The van der Waals surface area contributed by atoms with Crippen molar-refractivity contribution in [3.8, 4) is 0 Å². The van der Waals surface area contributed by atoms with Gasteiger partial charge < -0.3 is 19.3 Å². The summed E-state index contributed by atoms with van der Waals surface area (Å²) in [4.78, 5) is 16.3. The fourth-order valence-corrected chi connectivity index (χ4v) is 3.05. The number of carbonyl (C=O) groups is 1. The number of amides is 1. The van der Waals surface area contributed by atoms with E-state index in [-0.39, 0.29) is 11.5 Å². The van der Waals surface area contributed by atoms with Gasteiger partial charge in [-0.3, -0.25) is 4.79 Å². The van der Waals surface area contributed by atoms with Crippen LogP contribution in [0.5, 0.6) is 0 Å². The maximum absolute atomic E-state index is 13.8. The molecule has 1 atom stereocenters. The van der Waals surface area contributed by atoms with Crippen LogP contribution in [0.4, 0.5) is 4.39 Å². The van der Waals surface area contributed by atoms with Crippen molar-refractivity contribution in [3.05, 3.63) is 35.6 Å². The molecule has 0 N–H and O–H groups in total. The van der Waals surface area contributed by atoms with Gasteiger partial charge in [0.1, 0.15) is 5.82 Å². The predicted molar refractivity (Wildman–Crippen MR) is 79.1 cm³/mol. The first kappa shape index (κ1) is 15.4. The van der Waals surface area contributed by atoms with Crippen LogP contribution in [0, 0.1) is 5.82 Å². The van der Waals surface area contributed by atoms with Gasteiger partial charge in [0.2, 0.25) is 0 Å². The van der Waals surface area contributed by atoms with Gasteiger partial charge in [-0.15, -0.1) is 0 Å². The number of nitrogens with zero attached hydrogens (tertiary/aromatic N) is 2. The first-order valence-electron chi connectivity index (χ1n) is 7.60. The molecule has 1 amide bonds. The summed E-state index contributed by atoms with van der Waals surface area (Å²) in [5.74, 6) is -1.60. The maximum atomic E-state index is 13.8. The highest BCUT2D eigenvalue weighted by Gasteiger charge is 2.41. The molecular formula is C16H21FN2O3. The lowest BCUT2D eigenvalue weighted by atomic mass is 10.1. The first-order chi connectivity index (χ1) is 10.6. The SMILES string of the molecule is CN1CCCOC2(C1)CN(C(=O)c1ccccc1F)CCO2. The van der Waals surface area contributed by atoms with Crippen LogP contribution in [-0.2, 0) is 9.47 Å². The first-order valence-corrected chi connectivity index (χ1v) is 7.60. The Labute approximate surface area is 129 Å². The molecule has 2 aliphatic rings. The van der Waals surface area contributed by atoms with Crippen LogP contribution >= 0.6 is 0 Å². The van der Waals surface area contributed by atoms with Crippen LogP contribution in [0.25, 0.3) is 0 Å². The number of rotatable bonds is 1. The monoisotopic (exact) mass is 308 g/mol. The summed E-state index contributed by atoms with van der Waals surface area (Å²) < 4.78 is 25.6. The Hall–Kier alpha value is -1.50. The van der Waals surface area contributed by atoms with Crippen LogP contribution in [0.2, 0.25) is 0 Å². The van der Waals surface area contributed by atoms with E-state index in [1.807, 2.05) is 7.05 Å². The molecule has 1 spiro atoms. The Bertz CT molecular complexity index is 554. The Balaban J connectivity index is 1.78. The third kappa shape index (κ3) is 3.14. The third-order valence-corrected chi connectivity index (χ3v) is 4.11. The topological polar surface area (TPSA) is 42.0 Å². The zero-order valence-corrected chi connectivity index (χ0v) is 12.8. The molecule has 120 valence electrons.